The molecule has 0 saturated heterocycles. The summed E-state index contributed by atoms with van der Waals surface area (Å²) in [6.45, 7) is 6.25. The van der Waals surface area contributed by atoms with Crippen molar-refractivity contribution in [2.24, 2.45) is 11.8 Å². The van der Waals surface area contributed by atoms with E-state index in [0.717, 1.165) is 16.9 Å². The van der Waals surface area contributed by atoms with Crippen LogP contribution >= 0.6 is 0 Å². The first-order chi connectivity index (χ1) is 8.06. The van der Waals surface area contributed by atoms with Gasteiger partial charge in [-0.05, 0) is 49.7 Å². The standard InChI is InChI=1S/C15H22O2/c1-9-5-8-13(15(17-4)10(9)2)14(16)11(3)12-6-7-12/h5,8,11-12,14,16H,6-7H2,1-4H3. The number of hydrogen-bond donors (Lipinski definition) is 1. The van der Waals surface area contributed by atoms with Crippen LogP contribution in [-0.4, -0.2) is 12.2 Å². The van der Waals surface area contributed by atoms with Crippen molar-refractivity contribution >= 4 is 0 Å². The summed E-state index contributed by atoms with van der Waals surface area (Å²) < 4.78 is 5.47. The lowest BCUT2D eigenvalue weighted by Crippen LogP contribution is -2.13. The Bertz CT molecular complexity index is 408. The van der Waals surface area contributed by atoms with Crippen molar-refractivity contribution in [1.82, 2.24) is 0 Å². The van der Waals surface area contributed by atoms with Crippen LogP contribution in [0.4, 0.5) is 0 Å². The van der Waals surface area contributed by atoms with Crippen molar-refractivity contribution in [2.45, 2.75) is 39.7 Å². The van der Waals surface area contributed by atoms with Gasteiger partial charge in [-0.25, -0.2) is 0 Å². The van der Waals surface area contributed by atoms with Gasteiger partial charge in [0.2, 0.25) is 0 Å². The van der Waals surface area contributed by atoms with Crippen LogP contribution in [0.15, 0.2) is 12.1 Å². The van der Waals surface area contributed by atoms with Crippen LogP contribution in [0.25, 0.3) is 0 Å². The highest BCUT2D eigenvalue weighted by Gasteiger charge is 2.34. The normalized spacial score (nSPS) is 18.9. The molecule has 94 valence electrons. The van der Waals surface area contributed by atoms with Crippen LogP contribution in [0.5, 0.6) is 5.75 Å². The van der Waals surface area contributed by atoms with Crippen LogP contribution < -0.4 is 4.74 Å². The Morgan fingerprint density at radius 3 is 2.47 bits per heavy atom. The fourth-order valence-electron chi connectivity index (χ4n) is 2.48. The maximum atomic E-state index is 10.4. The molecule has 1 N–H and O–H groups in total. The fraction of sp³-hybridized carbons (Fsp3) is 0.600. The first kappa shape index (κ1) is 12.4. The summed E-state index contributed by atoms with van der Waals surface area (Å²) in [7, 11) is 1.68. The van der Waals surface area contributed by atoms with E-state index in [1.807, 2.05) is 13.0 Å². The average molecular weight is 234 g/mol. The molecule has 1 aromatic rings. The van der Waals surface area contributed by atoms with Gasteiger partial charge in [0.1, 0.15) is 5.75 Å². The van der Waals surface area contributed by atoms with E-state index in [2.05, 4.69) is 19.9 Å². The molecule has 0 aromatic heterocycles. The second-order valence-corrected chi connectivity index (χ2v) is 5.27. The third kappa shape index (κ3) is 2.32. The van der Waals surface area contributed by atoms with Gasteiger partial charge in [-0.15, -0.1) is 0 Å². The predicted octanol–water partition coefficient (Wildman–Crippen LogP) is 3.39. The summed E-state index contributed by atoms with van der Waals surface area (Å²) in [6, 6.07) is 4.07. The summed E-state index contributed by atoms with van der Waals surface area (Å²) in [4.78, 5) is 0. The Hall–Kier alpha value is -1.02. The van der Waals surface area contributed by atoms with Crippen molar-refractivity contribution in [3.05, 3.63) is 28.8 Å². The van der Waals surface area contributed by atoms with Gasteiger partial charge in [-0.2, -0.15) is 0 Å². The lowest BCUT2D eigenvalue weighted by molar-refractivity contribution is 0.103. The highest BCUT2D eigenvalue weighted by molar-refractivity contribution is 5.46. The highest BCUT2D eigenvalue weighted by Crippen LogP contribution is 2.44. The van der Waals surface area contributed by atoms with E-state index in [4.69, 9.17) is 4.74 Å². The number of ether oxygens (including phenoxy) is 1. The Labute approximate surface area is 104 Å². The summed E-state index contributed by atoms with van der Waals surface area (Å²) in [5, 5.41) is 10.4. The molecule has 0 spiro atoms. The van der Waals surface area contributed by atoms with E-state index in [1.54, 1.807) is 7.11 Å². The minimum absolute atomic E-state index is 0.325. The summed E-state index contributed by atoms with van der Waals surface area (Å²) in [5.41, 5.74) is 3.28. The lowest BCUT2D eigenvalue weighted by Gasteiger charge is -2.22. The van der Waals surface area contributed by atoms with Gasteiger partial charge >= 0.3 is 0 Å². The van der Waals surface area contributed by atoms with Crippen molar-refractivity contribution in [3.63, 3.8) is 0 Å². The molecule has 1 aliphatic rings. The maximum Gasteiger partial charge on any atom is 0.127 e. The van der Waals surface area contributed by atoms with Gasteiger partial charge in [0.15, 0.2) is 0 Å². The summed E-state index contributed by atoms with van der Waals surface area (Å²) in [6.07, 6.45) is 2.10. The topological polar surface area (TPSA) is 29.5 Å². The Balaban J connectivity index is 2.33. The molecule has 0 heterocycles. The summed E-state index contributed by atoms with van der Waals surface area (Å²) in [5.74, 6) is 1.87. The lowest BCUT2D eigenvalue weighted by atomic mass is 9.90. The zero-order valence-corrected chi connectivity index (χ0v) is 11.2. The van der Waals surface area contributed by atoms with E-state index in [0.29, 0.717) is 11.8 Å². The SMILES string of the molecule is COc1c(C(O)C(C)C2CC2)ccc(C)c1C. The van der Waals surface area contributed by atoms with Gasteiger partial charge in [0.25, 0.3) is 0 Å². The van der Waals surface area contributed by atoms with Crippen LogP contribution in [0.1, 0.15) is 42.6 Å². The van der Waals surface area contributed by atoms with Gasteiger partial charge in [0.05, 0.1) is 13.2 Å². The summed E-state index contributed by atoms with van der Waals surface area (Å²) >= 11 is 0. The molecule has 1 fully saturated rings. The van der Waals surface area contributed by atoms with E-state index >= 15 is 0 Å². The second kappa shape index (κ2) is 4.69. The van der Waals surface area contributed by atoms with Crippen LogP contribution in [0, 0.1) is 25.7 Å². The van der Waals surface area contributed by atoms with Crippen molar-refractivity contribution in [1.29, 1.82) is 0 Å². The molecule has 0 amide bonds. The Morgan fingerprint density at radius 2 is 1.94 bits per heavy atom. The fourth-order valence-corrected chi connectivity index (χ4v) is 2.48. The number of rotatable bonds is 4. The first-order valence-electron chi connectivity index (χ1n) is 6.38. The second-order valence-electron chi connectivity index (χ2n) is 5.27. The van der Waals surface area contributed by atoms with Gasteiger partial charge in [-0.3, -0.25) is 0 Å². The zero-order valence-electron chi connectivity index (χ0n) is 11.2. The highest BCUT2D eigenvalue weighted by atomic mass is 16.5. The molecule has 1 aliphatic carbocycles. The number of methoxy groups -OCH3 is 1. The Kier molecular flexibility index (Phi) is 3.43. The zero-order chi connectivity index (χ0) is 12.6. The molecule has 0 aliphatic heterocycles. The number of benzene rings is 1. The molecule has 2 unspecified atom stereocenters. The van der Waals surface area contributed by atoms with Crippen molar-refractivity contribution < 1.29 is 9.84 Å². The third-order valence-electron chi connectivity index (χ3n) is 4.09. The smallest absolute Gasteiger partial charge is 0.127 e. The maximum absolute atomic E-state index is 10.4. The average Bonchev–Trinajstić information content (AvgIpc) is 3.14. The van der Waals surface area contributed by atoms with E-state index in [-0.39, 0.29) is 0 Å². The molecule has 2 nitrogen and oxygen atoms in total. The molecular formula is C15H22O2. The Morgan fingerprint density at radius 1 is 1.29 bits per heavy atom. The van der Waals surface area contributed by atoms with E-state index in [9.17, 15) is 5.11 Å². The number of hydrogen-bond acceptors (Lipinski definition) is 2. The van der Waals surface area contributed by atoms with Crippen LogP contribution in [0.2, 0.25) is 0 Å². The molecule has 2 heteroatoms. The minimum Gasteiger partial charge on any atom is -0.496 e. The molecule has 2 atom stereocenters. The van der Waals surface area contributed by atoms with Crippen molar-refractivity contribution in [2.75, 3.05) is 7.11 Å². The monoisotopic (exact) mass is 234 g/mol. The largest absolute Gasteiger partial charge is 0.496 e. The molecule has 0 bridgehead atoms. The molecule has 1 saturated carbocycles. The molecular weight excluding hydrogens is 212 g/mol. The molecule has 2 rings (SSSR count). The quantitative estimate of drug-likeness (QED) is 0.865. The molecule has 0 radical (unpaired) electrons. The third-order valence-corrected chi connectivity index (χ3v) is 4.09. The van der Waals surface area contributed by atoms with E-state index in [1.165, 1.54) is 18.4 Å². The first-order valence-corrected chi connectivity index (χ1v) is 6.38. The van der Waals surface area contributed by atoms with Gasteiger partial charge in [-0.1, -0.05) is 19.1 Å². The van der Waals surface area contributed by atoms with Gasteiger partial charge < -0.3 is 9.84 Å². The minimum atomic E-state index is -0.406. The van der Waals surface area contributed by atoms with Crippen LogP contribution in [-0.2, 0) is 0 Å². The molecule has 1 aromatic carbocycles. The number of aliphatic hydroxyl groups is 1. The van der Waals surface area contributed by atoms with Gasteiger partial charge in [0, 0.05) is 5.56 Å². The number of aliphatic hydroxyl groups excluding tert-OH is 1. The van der Waals surface area contributed by atoms with Crippen molar-refractivity contribution in [3.8, 4) is 5.75 Å². The van der Waals surface area contributed by atoms with Crippen LogP contribution in [0.3, 0.4) is 0 Å². The molecule has 17 heavy (non-hydrogen) atoms. The van der Waals surface area contributed by atoms with E-state index < -0.39 is 6.10 Å². The predicted molar refractivity (Wildman–Crippen MR) is 69.3 cm³/mol. The number of aryl methyl sites for hydroxylation is 1.